The largest absolute Gasteiger partial charge is 0.497 e. The van der Waals surface area contributed by atoms with E-state index in [4.69, 9.17) is 16.2 Å². The molecule has 5 N–H and O–H groups in total. The fraction of sp³-hybridized carbons (Fsp3) is 0.375. The SMILES string of the molecule is COc1cccc(CNc2cc(C3CC(N)C3)nc(N)n2)c1.Cl.Cl. The van der Waals surface area contributed by atoms with Gasteiger partial charge in [-0.3, -0.25) is 0 Å². The fourth-order valence-corrected chi connectivity index (χ4v) is 2.66. The number of nitrogens with one attached hydrogen (secondary N) is 1. The lowest BCUT2D eigenvalue weighted by molar-refractivity contribution is 0.345. The number of hydrogen-bond donors (Lipinski definition) is 3. The summed E-state index contributed by atoms with van der Waals surface area (Å²) >= 11 is 0. The molecule has 0 radical (unpaired) electrons. The Labute approximate surface area is 154 Å². The van der Waals surface area contributed by atoms with Crippen molar-refractivity contribution in [3.63, 3.8) is 0 Å². The van der Waals surface area contributed by atoms with Crippen LogP contribution in [0, 0.1) is 0 Å². The minimum Gasteiger partial charge on any atom is -0.497 e. The summed E-state index contributed by atoms with van der Waals surface area (Å²) in [6.07, 6.45) is 1.93. The van der Waals surface area contributed by atoms with Crippen LogP contribution in [-0.4, -0.2) is 23.1 Å². The van der Waals surface area contributed by atoms with Crippen molar-refractivity contribution in [3.05, 3.63) is 41.6 Å². The number of anilines is 2. The van der Waals surface area contributed by atoms with Crippen molar-refractivity contribution < 1.29 is 4.74 Å². The summed E-state index contributed by atoms with van der Waals surface area (Å²) < 4.78 is 5.22. The van der Waals surface area contributed by atoms with Crippen molar-refractivity contribution in [3.8, 4) is 5.75 Å². The first-order chi connectivity index (χ1) is 10.6. The van der Waals surface area contributed by atoms with Gasteiger partial charge in [-0.1, -0.05) is 12.1 Å². The third-order valence-corrected chi connectivity index (χ3v) is 3.96. The van der Waals surface area contributed by atoms with Gasteiger partial charge in [0, 0.05) is 24.6 Å². The van der Waals surface area contributed by atoms with E-state index in [1.165, 1.54) is 0 Å². The molecule has 1 aromatic carbocycles. The molecule has 1 aliphatic carbocycles. The van der Waals surface area contributed by atoms with Crippen LogP contribution < -0.4 is 21.5 Å². The summed E-state index contributed by atoms with van der Waals surface area (Å²) in [7, 11) is 1.66. The van der Waals surface area contributed by atoms with Crippen molar-refractivity contribution in [1.82, 2.24) is 9.97 Å². The van der Waals surface area contributed by atoms with Crippen LogP contribution in [0.3, 0.4) is 0 Å². The molecule has 1 aliphatic rings. The predicted octanol–water partition coefficient (Wildman–Crippen LogP) is 2.73. The molecule has 0 aliphatic heterocycles. The normalized spacial score (nSPS) is 18.6. The maximum absolute atomic E-state index is 5.84. The molecule has 0 spiro atoms. The zero-order chi connectivity index (χ0) is 15.5. The van der Waals surface area contributed by atoms with E-state index in [9.17, 15) is 0 Å². The minimum absolute atomic E-state index is 0. The molecule has 132 valence electrons. The molecule has 1 aromatic heterocycles. The molecule has 3 rings (SSSR count). The van der Waals surface area contributed by atoms with Crippen LogP contribution in [0.5, 0.6) is 5.75 Å². The lowest BCUT2D eigenvalue weighted by Gasteiger charge is -2.32. The first-order valence-corrected chi connectivity index (χ1v) is 7.41. The number of benzene rings is 1. The first-order valence-electron chi connectivity index (χ1n) is 7.41. The second kappa shape index (κ2) is 8.92. The number of aromatic nitrogens is 2. The van der Waals surface area contributed by atoms with Crippen LogP contribution in [0.1, 0.15) is 30.0 Å². The number of methoxy groups -OCH3 is 1. The summed E-state index contributed by atoms with van der Waals surface area (Å²) in [6, 6.07) is 10.2. The summed E-state index contributed by atoms with van der Waals surface area (Å²) in [6.45, 7) is 0.650. The van der Waals surface area contributed by atoms with E-state index < -0.39 is 0 Å². The monoisotopic (exact) mass is 371 g/mol. The first kappa shape index (κ1) is 20.3. The topological polar surface area (TPSA) is 99.1 Å². The molecule has 8 heteroatoms. The van der Waals surface area contributed by atoms with Crippen LogP contribution in [-0.2, 0) is 6.54 Å². The van der Waals surface area contributed by atoms with Gasteiger partial charge in [-0.2, -0.15) is 4.98 Å². The average molecular weight is 372 g/mol. The van der Waals surface area contributed by atoms with Gasteiger partial charge in [-0.15, -0.1) is 24.8 Å². The maximum atomic E-state index is 5.84. The molecule has 0 amide bonds. The standard InChI is InChI=1S/C16H21N5O.2ClH/c1-22-13-4-2-3-10(5-13)9-19-15-8-14(20-16(18)21-15)11-6-12(17)7-11;;/h2-5,8,11-12H,6-7,9,17H2,1H3,(H3,18,19,20,21);2*1H. The zero-order valence-corrected chi connectivity index (χ0v) is 15.1. The van der Waals surface area contributed by atoms with Crippen molar-refractivity contribution in [2.24, 2.45) is 5.73 Å². The Bertz CT molecular complexity index is 665. The number of hydrogen-bond acceptors (Lipinski definition) is 6. The van der Waals surface area contributed by atoms with Gasteiger partial charge in [0.15, 0.2) is 0 Å². The zero-order valence-electron chi connectivity index (χ0n) is 13.4. The third-order valence-electron chi connectivity index (χ3n) is 3.96. The highest BCUT2D eigenvalue weighted by molar-refractivity contribution is 5.85. The Hall–Kier alpha value is -1.76. The van der Waals surface area contributed by atoms with E-state index >= 15 is 0 Å². The van der Waals surface area contributed by atoms with Gasteiger partial charge in [-0.05, 0) is 30.5 Å². The van der Waals surface area contributed by atoms with Crippen LogP contribution >= 0.6 is 24.8 Å². The van der Waals surface area contributed by atoms with Gasteiger partial charge in [-0.25, -0.2) is 4.98 Å². The van der Waals surface area contributed by atoms with E-state index in [1.807, 2.05) is 30.3 Å². The highest BCUT2D eigenvalue weighted by Crippen LogP contribution is 2.35. The second-order valence-corrected chi connectivity index (χ2v) is 5.67. The summed E-state index contributed by atoms with van der Waals surface area (Å²) in [4.78, 5) is 8.57. The summed E-state index contributed by atoms with van der Waals surface area (Å²) in [5, 5.41) is 3.29. The number of nitrogen functional groups attached to an aromatic ring is 1. The van der Waals surface area contributed by atoms with Gasteiger partial charge in [0.25, 0.3) is 0 Å². The lowest BCUT2D eigenvalue weighted by atomic mass is 9.78. The van der Waals surface area contributed by atoms with Crippen LogP contribution in [0.2, 0.25) is 0 Å². The van der Waals surface area contributed by atoms with Gasteiger partial charge in [0.1, 0.15) is 11.6 Å². The van der Waals surface area contributed by atoms with E-state index in [-0.39, 0.29) is 30.9 Å². The number of rotatable bonds is 5. The molecular weight excluding hydrogens is 349 g/mol. The van der Waals surface area contributed by atoms with E-state index in [1.54, 1.807) is 7.11 Å². The van der Waals surface area contributed by atoms with E-state index in [0.717, 1.165) is 35.7 Å². The highest BCUT2D eigenvalue weighted by atomic mass is 35.5. The van der Waals surface area contributed by atoms with E-state index in [0.29, 0.717) is 18.4 Å². The second-order valence-electron chi connectivity index (χ2n) is 5.67. The Balaban J connectivity index is 0.00000144. The van der Waals surface area contributed by atoms with Gasteiger partial charge < -0.3 is 21.5 Å². The fourth-order valence-electron chi connectivity index (χ4n) is 2.66. The van der Waals surface area contributed by atoms with Gasteiger partial charge >= 0.3 is 0 Å². The Kier molecular flexibility index (Phi) is 7.54. The molecule has 0 saturated heterocycles. The van der Waals surface area contributed by atoms with Crippen LogP contribution in [0.15, 0.2) is 30.3 Å². The molecular formula is C16H23Cl2N5O. The Morgan fingerprint density at radius 2 is 1.96 bits per heavy atom. The maximum Gasteiger partial charge on any atom is 0.222 e. The summed E-state index contributed by atoms with van der Waals surface area (Å²) in [5.74, 6) is 2.28. The number of halogens is 2. The lowest BCUT2D eigenvalue weighted by Crippen LogP contribution is -2.35. The molecule has 2 aromatic rings. The van der Waals surface area contributed by atoms with Crippen molar-refractivity contribution in [2.75, 3.05) is 18.2 Å². The van der Waals surface area contributed by atoms with Crippen molar-refractivity contribution >= 4 is 36.6 Å². The molecule has 0 unspecified atom stereocenters. The third kappa shape index (κ3) is 4.87. The number of ether oxygens (including phenoxy) is 1. The molecule has 1 heterocycles. The highest BCUT2D eigenvalue weighted by Gasteiger charge is 2.29. The molecule has 1 saturated carbocycles. The Morgan fingerprint density at radius 1 is 1.21 bits per heavy atom. The van der Waals surface area contributed by atoms with E-state index in [2.05, 4.69) is 15.3 Å². The molecule has 6 nitrogen and oxygen atoms in total. The van der Waals surface area contributed by atoms with Crippen LogP contribution in [0.4, 0.5) is 11.8 Å². The van der Waals surface area contributed by atoms with Crippen molar-refractivity contribution in [2.45, 2.75) is 31.3 Å². The molecule has 0 atom stereocenters. The molecule has 0 bridgehead atoms. The quantitative estimate of drug-likeness (QED) is 0.746. The smallest absolute Gasteiger partial charge is 0.222 e. The molecule has 24 heavy (non-hydrogen) atoms. The van der Waals surface area contributed by atoms with Crippen molar-refractivity contribution in [1.29, 1.82) is 0 Å². The van der Waals surface area contributed by atoms with Gasteiger partial charge in [0.2, 0.25) is 5.95 Å². The Morgan fingerprint density at radius 3 is 2.62 bits per heavy atom. The average Bonchev–Trinajstić information content (AvgIpc) is 2.49. The minimum atomic E-state index is 0. The van der Waals surface area contributed by atoms with Crippen LogP contribution in [0.25, 0.3) is 0 Å². The number of nitrogens with zero attached hydrogens (tertiary/aromatic N) is 2. The number of nitrogens with two attached hydrogens (primary N) is 2. The summed E-state index contributed by atoms with van der Waals surface area (Å²) in [5.41, 5.74) is 13.7. The molecule has 1 fully saturated rings. The predicted molar refractivity (Wildman–Crippen MR) is 101 cm³/mol. The van der Waals surface area contributed by atoms with Gasteiger partial charge in [0.05, 0.1) is 12.8 Å².